The van der Waals surface area contributed by atoms with Crippen LogP contribution in [0.2, 0.25) is 5.02 Å². The van der Waals surface area contributed by atoms with Gasteiger partial charge in [0.25, 0.3) is 5.91 Å². The zero-order valence-corrected chi connectivity index (χ0v) is 16.0. The molecule has 0 saturated carbocycles. The minimum absolute atomic E-state index is 0.0453. The Morgan fingerprint density at radius 2 is 1.90 bits per heavy atom. The van der Waals surface area contributed by atoms with Crippen molar-refractivity contribution >= 4 is 29.1 Å². The van der Waals surface area contributed by atoms with Gasteiger partial charge < -0.3 is 26.2 Å². The third-order valence-electron chi connectivity index (χ3n) is 6.24. The van der Waals surface area contributed by atoms with Gasteiger partial charge in [0.15, 0.2) is 11.6 Å². The van der Waals surface area contributed by atoms with Gasteiger partial charge in [0.2, 0.25) is 0 Å². The summed E-state index contributed by atoms with van der Waals surface area (Å²) >= 11 is 6.21. The number of hydrogen-bond acceptors (Lipinski definition) is 7. The van der Waals surface area contributed by atoms with Crippen LogP contribution in [0.15, 0.2) is 34.8 Å². The quantitative estimate of drug-likeness (QED) is 0.434. The summed E-state index contributed by atoms with van der Waals surface area (Å²) in [5.74, 6) is -7.06. The number of nitrogens with two attached hydrogens (primary N) is 1. The van der Waals surface area contributed by atoms with Gasteiger partial charge in [-0.1, -0.05) is 11.6 Å². The Hall–Kier alpha value is -2.84. The average molecular weight is 420 g/mol. The van der Waals surface area contributed by atoms with Crippen LogP contribution in [0.4, 0.5) is 0 Å². The molecule has 0 bridgehead atoms. The van der Waals surface area contributed by atoms with E-state index < -0.39 is 63.7 Å². The molecule has 4 atom stereocenters. The van der Waals surface area contributed by atoms with Crippen LogP contribution in [0.3, 0.4) is 0 Å². The van der Waals surface area contributed by atoms with Gasteiger partial charge in [-0.3, -0.25) is 14.4 Å². The predicted molar refractivity (Wildman–Crippen MR) is 100 cm³/mol. The molecule has 4 rings (SSSR count). The number of fused-ring (bicyclic) bond motifs is 3. The maximum Gasteiger partial charge on any atom is 0.255 e. The number of halogens is 1. The van der Waals surface area contributed by atoms with Crippen LogP contribution in [0.1, 0.15) is 35.7 Å². The van der Waals surface area contributed by atoms with Gasteiger partial charge in [-0.15, -0.1) is 0 Å². The van der Waals surface area contributed by atoms with Crippen molar-refractivity contribution < 1.29 is 34.8 Å². The number of phenolic OH excluding ortho intramolecular Hbond substituents is 1. The SMILES string of the molecule is CC1(O)c2c(Cl)ccc(O)c2C(=O)C2=C(O)C3C(=O)C(C(N)=O)=C(O)CC3CC21. The Labute approximate surface area is 169 Å². The Kier molecular flexibility index (Phi) is 4.08. The van der Waals surface area contributed by atoms with E-state index >= 15 is 0 Å². The van der Waals surface area contributed by atoms with Crippen LogP contribution in [0, 0.1) is 17.8 Å². The molecule has 1 amide bonds. The standard InChI is InChI=1S/C20H18ClNO7/c1-20(29)7-4-6-5-10(24)14(19(22)28)17(26)11(6)16(25)12(7)18(27)13-9(23)3-2-8(21)15(13)20/h2-3,6-7,11,23-25,29H,4-5H2,1H3,(H2,22,28). The molecule has 29 heavy (non-hydrogen) atoms. The number of aliphatic hydroxyl groups is 3. The van der Waals surface area contributed by atoms with Gasteiger partial charge >= 0.3 is 0 Å². The molecule has 0 aromatic heterocycles. The fraction of sp³-hybridized carbons (Fsp3) is 0.350. The molecule has 0 heterocycles. The predicted octanol–water partition coefficient (Wildman–Crippen LogP) is 1.78. The van der Waals surface area contributed by atoms with Crippen molar-refractivity contribution in [2.45, 2.75) is 25.4 Å². The number of carbonyl (C=O) groups excluding carboxylic acids is 3. The number of carbonyl (C=O) groups is 3. The molecule has 0 aliphatic heterocycles. The molecule has 1 aromatic carbocycles. The van der Waals surface area contributed by atoms with Crippen molar-refractivity contribution in [2.75, 3.05) is 0 Å². The van der Waals surface area contributed by atoms with E-state index in [1.165, 1.54) is 19.1 Å². The minimum Gasteiger partial charge on any atom is -0.511 e. The molecule has 3 aliphatic carbocycles. The number of rotatable bonds is 1. The molecule has 4 unspecified atom stereocenters. The summed E-state index contributed by atoms with van der Waals surface area (Å²) < 4.78 is 0. The normalized spacial score (nSPS) is 31.3. The maximum atomic E-state index is 13.2. The number of primary amides is 1. The molecule has 9 heteroatoms. The van der Waals surface area contributed by atoms with Crippen LogP contribution in [0.25, 0.3) is 0 Å². The summed E-state index contributed by atoms with van der Waals surface area (Å²) in [5.41, 5.74) is 2.45. The van der Waals surface area contributed by atoms with Gasteiger partial charge in [-0.05, 0) is 31.4 Å². The lowest BCUT2D eigenvalue weighted by Crippen LogP contribution is -2.49. The van der Waals surface area contributed by atoms with E-state index in [9.17, 15) is 34.8 Å². The van der Waals surface area contributed by atoms with Gasteiger partial charge in [0.1, 0.15) is 22.8 Å². The van der Waals surface area contributed by atoms with Gasteiger partial charge in [0.05, 0.1) is 17.1 Å². The zero-order valence-electron chi connectivity index (χ0n) is 15.3. The molecule has 152 valence electrons. The van der Waals surface area contributed by atoms with Crippen LogP contribution in [-0.4, -0.2) is 37.9 Å². The summed E-state index contributed by atoms with van der Waals surface area (Å²) in [6, 6.07) is 2.56. The first-order valence-corrected chi connectivity index (χ1v) is 9.34. The summed E-state index contributed by atoms with van der Waals surface area (Å²) in [6.07, 6.45) is -0.0521. The average Bonchev–Trinajstić information content (AvgIpc) is 2.60. The smallest absolute Gasteiger partial charge is 0.255 e. The number of ketones is 2. The van der Waals surface area contributed by atoms with Crippen LogP contribution >= 0.6 is 11.6 Å². The van der Waals surface area contributed by atoms with E-state index in [0.717, 1.165) is 0 Å². The van der Waals surface area contributed by atoms with E-state index in [2.05, 4.69) is 0 Å². The van der Waals surface area contributed by atoms with Crippen LogP contribution in [-0.2, 0) is 15.2 Å². The molecule has 0 saturated heterocycles. The number of allylic oxidation sites excluding steroid dienone is 2. The van der Waals surface area contributed by atoms with Crippen LogP contribution < -0.4 is 5.73 Å². The number of amides is 1. The van der Waals surface area contributed by atoms with Crippen molar-refractivity contribution in [1.82, 2.24) is 0 Å². The third-order valence-corrected chi connectivity index (χ3v) is 6.55. The molecular weight excluding hydrogens is 402 g/mol. The minimum atomic E-state index is -1.74. The molecule has 8 nitrogen and oxygen atoms in total. The Morgan fingerprint density at radius 1 is 1.24 bits per heavy atom. The highest BCUT2D eigenvalue weighted by Crippen LogP contribution is 2.55. The van der Waals surface area contributed by atoms with Gasteiger partial charge in [-0.2, -0.15) is 0 Å². The molecule has 6 N–H and O–H groups in total. The molecule has 3 aliphatic rings. The maximum absolute atomic E-state index is 13.2. The van der Waals surface area contributed by atoms with E-state index in [4.69, 9.17) is 17.3 Å². The largest absolute Gasteiger partial charge is 0.511 e. The Morgan fingerprint density at radius 3 is 2.52 bits per heavy atom. The monoisotopic (exact) mass is 419 g/mol. The number of benzene rings is 1. The summed E-state index contributed by atoms with van der Waals surface area (Å²) in [6.45, 7) is 1.41. The first kappa shape index (κ1) is 19.5. The number of hydrogen-bond donors (Lipinski definition) is 5. The van der Waals surface area contributed by atoms with Crippen molar-refractivity contribution in [3.8, 4) is 5.75 Å². The number of Topliss-reactive ketones (excluding diaryl/α,β-unsaturated/α-hetero) is 2. The number of aromatic hydroxyl groups is 1. The van der Waals surface area contributed by atoms with Gasteiger partial charge in [0, 0.05) is 28.5 Å². The van der Waals surface area contributed by atoms with Crippen molar-refractivity contribution in [2.24, 2.45) is 23.5 Å². The summed E-state index contributed by atoms with van der Waals surface area (Å²) in [7, 11) is 0. The van der Waals surface area contributed by atoms with E-state index in [0.29, 0.717) is 0 Å². The fourth-order valence-corrected chi connectivity index (χ4v) is 5.31. The van der Waals surface area contributed by atoms with E-state index in [-0.39, 0.29) is 34.6 Å². The number of aliphatic hydroxyl groups excluding tert-OH is 2. The number of phenols is 1. The van der Waals surface area contributed by atoms with Crippen molar-refractivity contribution in [3.05, 3.63) is 50.9 Å². The lowest BCUT2D eigenvalue weighted by molar-refractivity contribution is -0.126. The summed E-state index contributed by atoms with van der Waals surface area (Å²) in [4.78, 5) is 37.5. The topological polar surface area (TPSA) is 158 Å². The molecule has 0 fully saturated rings. The van der Waals surface area contributed by atoms with E-state index in [1.807, 2.05) is 0 Å². The Bertz CT molecular complexity index is 1070. The van der Waals surface area contributed by atoms with Gasteiger partial charge in [-0.25, -0.2) is 0 Å². The zero-order chi connectivity index (χ0) is 21.4. The fourth-order valence-electron chi connectivity index (χ4n) is 4.96. The summed E-state index contributed by atoms with van der Waals surface area (Å²) in [5, 5.41) is 42.6. The molecule has 1 aromatic rings. The second kappa shape index (κ2) is 6.08. The first-order chi connectivity index (χ1) is 13.5. The second-order valence-electron chi connectivity index (χ2n) is 7.87. The highest BCUT2D eigenvalue weighted by molar-refractivity contribution is 6.33. The van der Waals surface area contributed by atoms with E-state index in [1.54, 1.807) is 0 Å². The third kappa shape index (κ3) is 2.45. The second-order valence-corrected chi connectivity index (χ2v) is 8.28. The molecule has 0 spiro atoms. The highest BCUT2D eigenvalue weighted by atomic mass is 35.5. The Balaban J connectivity index is 1.96. The first-order valence-electron chi connectivity index (χ1n) is 8.96. The molecule has 0 radical (unpaired) electrons. The van der Waals surface area contributed by atoms with Crippen molar-refractivity contribution in [3.63, 3.8) is 0 Å². The van der Waals surface area contributed by atoms with Crippen molar-refractivity contribution in [1.29, 1.82) is 0 Å². The lowest BCUT2D eigenvalue weighted by Gasteiger charge is -2.47. The lowest BCUT2D eigenvalue weighted by atomic mass is 9.58. The highest BCUT2D eigenvalue weighted by Gasteiger charge is 2.56. The molecular formula is C20H18ClNO7. The van der Waals surface area contributed by atoms with Crippen LogP contribution in [0.5, 0.6) is 5.75 Å².